The summed E-state index contributed by atoms with van der Waals surface area (Å²) in [5.41, 5.74) is 0. The average molecular weight is 124 g/mol. The zero-order chi connectivity index (χ0) is 5.84. The minimum atomic E-state index is 0.722. The van der Waals surface area contributed by atoms with E-state index >= 15 is 0 Å². The zero-order valence-corrected chi connectivity index (χ0v) is 5.55. The molecule has 9 heavy (non-hydrogen) atoms. The van der Waals surface area contributed by atoms with Crippen molar-refractivity contribution in [3.63, 3.8) is 0 Å². The molecule has 1 aliphatic heterocycles. The molecule has 2 aliphatic carbocycles. The van der Waals surface area contributed by atoms with E-state index in [0.717, 1.165) is 24.0 Å². The molecule has 0 aromatic heterocycles. The molecule has 0 radical (unpaired) electrons. The van der Waals surface area contributed by atoms with Gasteiger partial charge in [0.1, 0.15) is 0 Å². The van der Waals surface area contributed by atoms with Crippen LogP contribution < -0.4 is 0 Å². The molecule has 4 atom stereocenters. The smallest absolute Gasteiger partial charge is 0.0872 e. The van der Waals surface area contributed by atoms with Gasteiger partial charge in [0.25, 0.3) is 0 Å². The average Bonchev–Trinajstić information content (AvgIpc) is 2.38. The summed E-state index contributed by atoms with van der Waals surface area (Å²) in [6, 6.07) is 0. The van der Waals surface area contributed by atoms with Crippen molar-refractivity contribution in [1.82, 2.24) is 0 Å². The van der Waals surface area contributed by atoms with E-state index in [4.69, 9.17) is 4.74 Å². The van der Waals surface area contributed by atoms with Crippen molar-refractivity contribution in [1.29, 1.82) is 0 Å². The predicted octanol–water partition coefficient (Wildman–Crippen LogP) is 1.57. The summed E-state index contributed by atoms with van der Waals surface area (Å²) in [5, 5.41) is 0. The van der Waals surface area contributed by atoms with Gasteiger partial charge in [-0.05, 0) is 31.1 Å². The van der Waals surface area contributed by atoms with Crippen LogP contribution in [-0.2, 0) is 4.74 Å². The standard InChI is InChI=1S/C8H12O/c1-2-5-4-7-8(9-7)6(5)3-1/h5-8H,1-4H2/t5-,6+,7-,8+/m0/s1. The Kier molecular flexibility index (Phi) is 0.704. The van der Waals surface area contributed by atoms with E-state index in [1.54, 1.807) is 0 Å². The van der Waals surface area contributed by atoms with Crippen LogP contribution in [0, 0.1) is 11.8 Å². The number of ether oxygens (including phenoxy) is 1. The Morgan fingerprint density at radius 2 is 2.22 bits per heavy atom. The molecule has 0 unspecified atom stereocenters. The third kappa shape index (κ3) is 0.493. The quantitative estimate of drug-likeness (QED) is 0.446. The first-order chi connectivity index (χ1) is 4.45. The van der Waals surface area contributed by atoms with Crippen LogP contribution in [0.1, 0.15) is 25.7 Å². The number of rotatable bonds is 0. The molecule has 3 rings (SSSR count). The molecule has 1 saturated heterocycles. The van der Waals surface area contributed by atoms with Crippen molar-refractivity contribution >= 4 is 0 Å². The van der Waals surface area contributed by atoms with Gasteiger partial charge >= 0.3 is 0 Å². The third-order valence-corrected chi connectivity index (χ3v) is 3.30. The Balaban J connectivity index is 1.88. The highest BCUT2D eigenvalue weighted by Crippen LogP contribution is 2.53. The molecule has 1 nitrogen and oxygen atoms in total. The minimum absolute atomic E-state index is 0.722. The molecule has 0 amide bonds. The predicted molar refractivity (Wildman–Crippen MR) is 34.1 cm³/mol. The van der Waals surface area contributed by atoms with Gasteiger partial charge in [0, 0.05) is 0 Å². The van der Waals surface area contributed by atoms with E-state index in [0.29, 0.717) is 0 Å². The highest BCUT2D eigenvalue weighted by Gasteiger charge is 2.56. The lowest BCUT2D eigenvalue weighted by Gasteiger charge is -2.09. The fourth-order valence-electron chi connectivity index (χ4n) is 2.81. The van der Waals surface area contributed by atoms with Gasteiger partial charge in [0.15, 0.2) is 0 Å². The van der Waals surface area contributed by atoms with Gasteiger partial charge in [-0.2, -0.15) is 0 Å². The Labute approximate surface area is 55.4 Å². The summed E-state index contributed by atoms with van der Waals surface area (Å²) < 4.78 is 5.47. The summed E-state index contributed by atoms with van der Waals surface area (Å²) in [7, 11) is 0. The Hall–Kier alpha value is -0.0400. The topological polar surface area (TPSA) is 12.5 Å². The maximum atomic E-state index is 5.47. The molecule has 0 N–H and O–H groups in total. The molecule has 0 aromatic rings. The lowest BCUT2D eigenvalue weighted by atomic mass is 10.00. The van der Waals surface area contributed by atoms with E-state index < -0.39 is 0 Å². The molecular formula is C8H12O. The SMILES string of the molecule is C1C[C@H]2C[C@@H]3O[C@@H]3[C@@H]2C1. The van der Waals surface area contributed by atoms with Crippen molar-refractivity contribution in [2.24, 2.45) is 11.8 Å². The highest BCUT2D eigenvalue weighted by molar-refractivity contribution is 5.04. The fraction of sp³-hybridized carbons (Fsp3) is 1.00. The number of fused-ring (bicyclic) bond motifs is 3. The summed E-state index contributed by atoms with van der Waals surface area (Å²) in [6.07, 6.45) is 7.29. The first-order valence-electron chi connectivity index (χ1n) is 4.10. The van der Waals surface area contributed by atoms with E-state index in [1.807, 2.05) is 0 Å². The van der Waals surface area contributed by atoms with Gasteiger partial charge in [-0.3, -0.25) is 0 Å². The Bertz CT molecular complexity index is 144. The highest BCUT2D eigenvalue weighted by atomic mass is 16.6. The minimum Gasteiger partial charge on any atom is -0.369 e. The number of epoxide rings is 1. The van der Waals surface area contributed by atoms with Crippen LogP contribution in [0.15, 0.2) is 0 Å². The molecule has 1 heterocycles. The summed E-state index contributed by atoms with van der Waals surface area (Å²) in [6.45, 7) is 0. The maximum Gasteiger partial charge on any atom is 0.0872 e. The van der Waals surface area contributed by atoms with Crippen LogP contribution in [0.3, 0.4) is 0 Å². The summed E-state index contributed by atoms with van der Waals surface area (Å²) >= 11 is 0. The Morgan fingerprint density at radius 1 is 1.22 bits per heavy atom. The van der Waals surface area contributed by atoms with Gasteiger partial charge in [0.05, 0.1) is 12.2 Å². The molecule has 1 heteroatoms. The molecule has 50 valence electrons. The second-order valence-corrected chi connectivity index (χ2v) is 3.73. The van der Waals surface area contributed by atoms with Crippen molar-refractivity contribution in [3.8, 4) is 0 Å². The van der Waals surface area contributed by atoms with E-state index in [1.165, 1.54) is 25.7 Å². The van der Waals surface area contributed by atoms with Gasteiger partial charge in [0.2, 0.25) is 0 Å². The van der Waals surface area contributed by atoms with Crippen LogP contribution in [0.25, 0.3) is 0 Å². The molecule has 0 bridgehead atoms. The van der Waals surface area contributed by atoms with Crippen molar-refractivity contribution in [2.45, 2.75) is 37.9 Å². The van der Waals surface area contributed by atoms with Crippen LogP contribution in [0.5, 0.6) is 0 Å². The second kappa shape index (κ2) is 1.34. The fourth-order valence-corrected chi connectivity index (χ4v) is 2.81. The van der Waals surface area contributed by atoms with Crippen molar-refractivity contribution in [3.05, 3.63) is 0 Å². The van der Waals surface area contributed by atoms with Crippen LogP contribution in [0.2, 0.25) is 0 Å². The monoisotopic (exact) mass is 124 g/mol. The van der Waals surface area contributed by atoms with Gasteiger partial charge < -0.3 is 4.74 Å². The zero-order valence-electron chi connectivity index (χ0n) is 5.55. The first kappa shape index (κ1) is 4.73. The molecule has 0 aromatic carbocycles. The molecule has 2 saturated carbocycles. The van der Waals surface area contributed by atoms with Crippen molar-refractivity contribution < 1.29 is 4.74 Å². The van der Waals surface area contributed by atoms with Crippen LogP contribution in [-0.4, -0.2) is 12.2 Å². The molecule has 3 fully saturated rings. The lowest BCUT2D eigenvalue weighted by molar-refractivity contribution is 0.225. The number of hydrogen-bond donors (Lipinski definition) is 0. The van der Waals surface area contributed by atoms with Crippen LogP contribution in [0.4, 0.5) is 0 Å². The first-order valence-corrected chi connectivity index (χ1v) is 4.10. The second-order valence-electron chi connectivity index (χ2n) is 3.73. The van der Waals surface area contributed by atoms with Gasteiger partial charge in [-0.25, -0.2) is 0 Å². The normalized spacial score (nSPS) is 61.3. The van der Waals surface area contributed by atoms with Gasteiger partial charge in [-0.1, -0.05) is 6.42 Å². The largest absolute Gasteiger partial charge is 0.369 e. The van der Waals surface area contributed by atoms with E-state index in [2.05, 4.69) is 0 Å². The van der Waals surface area contributed by atoms with Crippen LogP contribution >= 0.6 is 0 Å². The van der Waals surface area contributed by atoms with Crippen molar-refractivity contribution in [2.75, 3.05) is 0 Å². The number of hydrogen-bond acceptors (Lipinski definition) is 1. The van der Waals surface area contributed by atoms with E-state index in [-0.39, 0.29) is 0 Å². The maximum absolute atomic E-state index is 5.47. The summed E-state index contributed by atoms with van der Waals surface area (Å²) in [5.74, 6) is 2.07. The molecular weight excluding hydrogens is 112 g/mol. The van der Waals surface area contributed by atoms with Gasteiger partial charge in [-0.15, -0.1) is 0 Å². The Morgan fingerprint density at radius 3 is 3.11 bits per heavy atom. The molecule has 0 spiro atoms. The van der Waals surface area contributed by atoms with E-state index in [9.17, 15) is 0 Å². The third-order valence-electron chi connectivity index (χ3n) is 3.30. The summed E-state index contributed by atoms with van der Waals surface area (Å²) in [4.78, 5) is 0. The molecule has 3 aliphatic rings. The lowest BCUT2D eigenvalue weighted by Crippen LogP contribution is -2.06.